The number of nitrogens with two attached hydrogens (primary N) is 1. The highest BCUT2D eigenvalue weighted by molar-refractivity contribution is 7.89. The lowest BCUT2D eigenvalue weighted by molar-refractivity contribution is 0.293. The van der Waals surface area contributed by atoms with Gasteiger partial charge in [-0.25, -0.2) is 17.5 Å². The highest BCUT2D eigenvalue weighted by Gasteiger charge is 2.17. The number of nitrogen functional groups attached to an aromatic ring is 1. The summed E-state index contributed by atoms with van der Waals surface area (Å²) in [6.45, 7) is 6.83. The summed E-state index contributed by atoms with van der Waals surface area (Å²) in [5, 5.41) is 0. The fourth-order valence-electron chi connectivity index (χ4n) is 1.92. The third-order valence-corrected chi connectivity index (χ3v) is 4.50. The lowest BCUT2D eigenvalue weighted by Crippen LogP contribution is -2.35. The normalized spacial score (nSPS) is 12.0. The number of nitrogens with zero attached hydrogens (tertiary/aromatic N) is 1. The van der Waals surface area contributed by atoms with Crippen molar-refractivity contribution in [1.29, 1.82) is 0 Å². The van der Waals surface area contributed by atoms with Crippen LogP contribution in [-0.4, -0.2) is 39.5 Å². The number of benzene rings is 1. The first kappa shape index (κ1) is 16.9. The van der Waals surface area contributed by atoms with E-state index >= 15 is 0 Å². The Kier molecular flexibility index (Phi) is 6.38. The molecule has 0 atom stereocenters. The van der Waals surface area contributed by atoms with Gasteiger partial charge in [0.15, 0.2) is 0 Å². The maximum Gasteiger partial charge on any atom is 0.242 e. The van der Waals surface area contributed by atoms with E-state index in [0.29, 0.717) is 13.1 Å². The van der Waals surface area contributed by atoms with Gasteiger partial charge in [-0.15, -0.1) is 0 Å². The second-order valence-corrected chi connectivity index (χ2v) is 6.25. The number of rotatable bonds is 8. The number of nitrogens with one attached hydrogen (secondary N) is 1. The Labute approximate surface area is 120 Å². The number of hydrogen-bond donors (Lipinski definition) is 2. The summed E-state index contributed by atoms with van der Waals surface area (Å²) in [4.78, 5) is 2.06. The maximum atomic E-state index is 12.9. The van der Waals surface area contributed by atoms with E-state index in [4.69, 9.17) is 5.73 Å². The maximum absolute atomic E-state index is 12.9. The second kappa shape index (κ2) is 7.56. The molecule has 0 bridgehead atoms. The third-order valence-electron chi connectivity index (χ3n) is 2.97. The van der Waals surface area contributed by atoms with Gasteiger partial charge in [-0.3, -0.25) is 0 Å². The van der Waals surface area contributed by atoms with Crippen LogP contribution in [0.2, 0.25) is 0 Å². The minimum absolute atomic E-state index is 0.0848. The average molecular weight is 303 g/mol. The summed E-state index contributed by atoms with van der Waals surface area (Å²) in [6, 6.07) is 3.26. The van der Waals surface area contributed by atoms with Crippen LogP contribution in [0.3, 0.4) is 0 Å². The third kappa shape index (κ3) is 4.73. The highest BCUT2D eigenvalue weighted by Crippen LogP contribution is 2.18. The molecule has 3 N–H and O–H groups in total. The molecule has 0 aliphatic carbocycles. The molecule has 0 saturated heterocycles. The fourth-order valence-corrected chi connectivity index (χ4v) is 3.06. The van der Waals surface area contributed by atoms with Gasteiger partial charge in [0.25, 0.3) is 0 Å². The second-order valence-electron chi connectivity index (χ2n) is 4.51. The number of anilines is 1. The Balaban J connectivity index is 2.66. The summed E-state index contributed by atoms with van der Waals surface area (Å²) >= 11 is 0. The topological polar surface area (TPSA) is 75.4 Å². The predicted octanol–water partition coefficient (Wildman–Crippen LogP) is 1.42. The molecule has 1 aromatic rings. The van der Waals surface area contributed by atoms with Gasteiger partial charge >= 0.3 is 0 Å². The van der Waals surface area contributed by atoms with Crippen molar-refractivity contribution in [3.05, 3.63) is 24.0 Å². The molecule has 0 heterocycles. The lowest BCUT2D eigenvalue weighted by Gasteiger charge is -2.19. The van der Waals surface area contributed by atoms with Crippen molar-refractivity contribution in [2.75, 3.05) is 31.9 Å². The van der Waals surface area contributed by atoms with Crippen molar-refractivity contribution in [1.82, 2.24) is 9.62 Å². The van der Waals surface area contributed by atoms with Crippen LogP contribution < -0.4 is 10.5 Å². The number of likely N-dealkylation sites (N-methyl/N-ethyl adjacent to an activating group) is 1. The summed E-state index contributed by atoms with van der Waals surface area (Å²) in [5.74, 6) is -0.554. The largest absolute Gasteiger partial charge is 0.398 e. The Morgan fingerprint density at radius 2 is 2.00 bits per heavy atom. The van der Waals surface area contributed by atoms with Crippen LogP contribution in [0.1, 0.15) is 20.3 Å². The van der Waals surface area contributed by atoms with Gasteiger partial charge in [-0.1, -0.05) is 13.8 Å². The van der Waals surface area contributed by atoms with Crippen LogP contribution in [0.25, 0.3) is 0 Å². The molecule has 114 valence electrons. The number of hydrogen-bond acceptors (Lipinski definition) is 4. The number of halogens is 1. The van der Waals surface area contributed by atoms with Crippen LogP contribution in [0, 0.1) is 5.82 Å². The van der Waals surface area contributed by atoms with E-state index in [-0.39, 0.29) is 10.6 Å². The Morgan fingerprint density at radius 1 is 1.30 bits per heavy atom. The molecule has 0 spiro atoms. The summed E-state index contributed by atoms with van der Waals surface area (Å²) in [7, 11) is -3.69. The van der Waals surface area contributed by atoms with Crippen LogP contribution >= 0.6 is 0 Å². The van der Waals surface area contributed by atoms with Gasteiger partial charge in [0, 0.05) is 13.1 Å². The molecule has 0 aliphatic rings. The minimum Gasteiger partial charge on any atom is -0.398 e. The lowest BCUT2D eigenvalue weighted by atomic mass is 10.3. The SMILES string of the molecule is CCCN(CC)CCNS(=O)(=O)c1ccc(F)cc1N. The quantitative estimate of drug-likeness (QED) is 0.712. The summed E-state index contributed by atoms with van der Waals surface area (Å²) < 4.78 is 39.5. The summed E-state index contributed by atoms with van der Waals surface area (Å²) in [5.41, 5.74) is 5.46. The van der Waals surface area contributed by atoms with Crippen molar-refractivity contribution in [2.45, 2.75) is 25.2 Å². The molecular formula is C13H22FN3O2S. The molecule has 20 heavy (non-hydrogen) atoms. The molecule has 0 radical (unpaired) electrons. The van der Waals surface area contributed by atoms with E-state index in [9.17, 15) is 12.8 Å². The smallest absolute Gasteiger partial charge is 0.242 e. The zero-order valence-electron chi connectivity index (χ0n) is 11.9. The van der Waals surface area contributed by atoms with Crippen molar-refractivity contribution in [3.8, 4) is 0 Å². The zero-order chi connectivity index (χ0) is 15.2. The molecule has 0 unspecified atom stereocenters. The fraction of sp³-hybridized carbons (Fsp3) is 0.538. The van der Waals surface area contributed by atoms with Crippen molar-refractivity contribution in [2.24, 2.45) is 0 Å². The van der Waals surface area contributed by atoms with Gasteiger partial charge in [0.1, 0.15) is 10.7 Å². The van der Waals surface area contributed by atoms with Crippen LogP contribution in [-0.2, 0) is 10.0 Å². The standard InChI is InChI=1S/C13H22FN3O2S/c1-3-8-17(4-2)9-7-16-20(18,19)13-6-5-11(14)10-12(13)15/h5-6,10,16H,3-4,7-9,15H2,1-2H3. The van der Waals surface area contributed by atoms with Crippen molar-refractivity contribution < 1.29 is 12.8 Å². The van der Waals surface area contributed by atoms with E-state index in [1.807, 2.05) is 6.92 Å². The predicted molar refractivity (Wildman–Crippen MR) is 78.4 cm³/mol. The van der Waals surface area contributed by atoms with Crippen LogP contribution in [0.5, 0.6) is 0 Å². The van der Waals surface area contributed by atoms with E-state index < -0.39 is 15.8 Å². The first-order valence-corrected chi connectivity index (χ1v) is 8.16. The first-order valence-electron chi connectivity index (χ1n) is 6.67. The molecule has 7 heteroatoms. The van der Waals surface area contributed by atoms with Gasteiger partial charge in [0.05, 0.1) is 5.69 Å². The Morgan fingerprint density at radius 3 is 2.55 bits per heavy atom. The van der Waals surface area contributed by atoms with Crippen molar-refractivity contribution >= 4 is 15.7 Å². The summed E-state index contributed by atoms with van der Waals surface area (Å²) in [6.07, 6.45) is 1.02. The van der Waals surface area contributed by atoms with Gasteiger partial charge in [0.2, 0.25) is 10.0 Å². The minimum atomic E-state index is -3.69. The molecule has 0 amide bonds. The van der Waals surface area contributed by atoms with E-state index in [2.05, 4.69) is 16.5 Å². The molecule has 0 saturated carbocycles. The molecule has 1 rings (SSSR count). The Hall–Kier alpha value is -1.18. The van der Waals surface area contributed by atoms with E-state index in [0.717, 1.165) is 31.6 Å². The van der Waals surface area contributed by atoms with E-state index in [1.165, 1.54) is 6.07 Å². The molecular weight excluding hydrogens is 281 g/mol. The molecule has 5 nitrogen and oxygen atoms in total. The molecule has 0 aromatic heterocycles. The molecule has 1 aromatic carbocycles. The molecule has 0 fully saturated rings. The first-order chi connectivity index (χ1) is 9.40. The van der Waals surface area contributed by atoms with Gasteiger partial charge in [-0.2, -0.15) is 0 Å². The van der Waals surface area contributed by atoms with Crippen molar-refractivity contribution in [3.63, 3.8) is 0 Å². The zero-order valence-corrected chi connectivity index (χ0v) is 12.7. The van der Waals surface area contributed by atoms with Gasteiger partial charge < -0.3 is 10.6 Å². The van der Waals surface area contributed by atoms with E-state index in [1.54, 1.807) is 0 Å². The van der Waals surface area contributed by atoms with Crippen LogP contribution in [0.4, 0.5) is 10.1 Å². The molecule has 0 aliphatic heterocycles. The average Bonchev–Trinajstić information content (AvgIpc) is 2.37. The van der Waals surface area contributed by atoms with Gasteiger partial charge in [-0.05, 0) is 37.7 Å². The van der Waals surface area contributed by atoms with Crippen LogP contribution in [0.15, 0.2) is 23.1 Å². The highest BCUT2D eigenvalue weighted by atomic mass is 32.2. The Bertz CT molecular complexity index is 534. The number of sulfonamides is 1. The monoisotopic (exact) mass is 303 g/mol.